The number of carbonyl (C=O) groups excluding carboxylic acids is 2. The van der Waals surface area contributed by atoms with Gasteiger partial charge in [-0.25, -0.2) is 14.0 Å². The smallest absolute Gasteiger partial charge is 0.414 e. The van der Waals surface area contributed by atoms with Gasteiger partial charge in [0.15, 0.2) is 0 Å². The van der Waals surface area contributed by atoms with Crippen LogP contribution in [0, 0.1) is 5.82 Å². The normalized spacial score (nSPS) is 22.0. The number of nitrogens with zero attached hydrogens (tertiary/aromatic N) is 4. The summed E-state index contributed by atoms with van der Waals surface area (Å²) in [5.74, 6) is -0.394. The number of anilines is 2. The van der Waals surface area contributed by atoms with Gasteiger partial charge in [-0.15, -0.1) is 0 Å². The molecule has 0 spiro atoms. The first-order chi connectivity index (χ1) is 17.9. The van der Waals surface area contributed by atoms with E-state index in [0.29, 0.717) is 62.2 Å². The predicted molar refractivity (Wildman–Crippen MR) is 153 cm³/mol. The summed E-state index contributed by atoms with van der Waals surface area (Å²) >= 11 is 10.8. The van der Waals surface area contributed by atoms with Gasteiger partial charge in [0.2, 0.25) is 0 Å². The highest BCUT2D eigenvalue weighted by Crippen LogP contribution is 2.29. The van der Waals surface area contributed by atoms with E-state index in [1.807, 2.05) is 25.7 Å². The number of amides is 2. The molecule has 2 atom stereocenters. The van der Waals surface area contributed by atoms with Gasteiger partial charge < -0.3 is 24.6 Å². The molecular formula is C26H36FN5O4S2. The van der Waals surface area contributed by atoms with E-state index in [1.165, 1.54) is 11.0 Å². The molecule has 0 aromatic heterocycles. The molecule has 4 rings (SSSR count). The van der Waals surface area contributed by atoms with Crippen LogP contribution in [0.2, 0.25) is 0 Å². The first-order valence-electron chi connectivity index (χ1n) is 13.0. The lowest BCUT2D eigenvalue weighted by molar-refractivity contribution is 0.0261. The average Bonchev–Trinajstić information content (AvgIpc) is 3.48. The third kappa shape index (κ3) is 6.63. The Balaban J connectivity index is 1.34. The van der Waals surface area contributed by atoms with Gasteiger partial charge in [-0.3, -0.25) is 9.80 Å². The second-order valence-electron chi connectivity index (χ2n) is 10.8. The standard InChI is InChI=1S/C26H36FN5O4S2/c1-17(37)28-15-19-16-32(24(33)35-19)18-7-8-21(20(27)14-18)29-10-12-30(13-11-29)23(38)22-6-5-9-31(22)25(34)36-26(2,3)4/h7-8,14,19,22H,5-6,9-13,15-16H2,1-4H3,(H,28,37)/t19-,22?/m0/s1. The zero-order valence-corrected chi connectivity index (χ0v) is 24.0. The summed E-state index contributed by atoms with van der Waals surface area (Å²) in [6.07, 6.45) is 0.512. The molecule has 208 valence electrons. The van der Waals surface area contributed by atoms with Crippen LogP contribution in [-0.4, -0.2) is 95.5 Å². The molecule has 0 saturated carbocycles. The number of hydrogen-bond acceptors (Lipinski definition) is 7. The number of nitrogens with one attached hydrogen (secondary N) is 1. The van der Waals surface area contributed by atoms with Crippen molar-refractivity contribution in [1.82, 2.24) is 15.1 Å². The molecule has 0 aliphatic carbocycles. The molecule has 9 nitrogen and oxygen atoms in total. The SMILES string of the molecule is CC(=S)NC[C@H]1CN(c2ccc(N3CCN(C(=S)C4CCCN4C(=O)OC(C)(C)C)CC3)c(F)c2)C(=O)O1. The zero-order chi connectivity index (χ0) is 27.6. The van der Waals surface area contributed by atoms with E-state index >= 15 is 4.39 Å². The Morgan fingerprint density at radius 3 is 2.53 bits per heavy atom. The van der Waals surface area contributed by atoms with Gasteiger partial charge in [0.25, 0.3) is 0 Å². The lowest BCUT2D eigenvalue weighted by atomic mass is 10.1. The summed E-state index contributed by atoms with van der Waals surface area (Å²) in [5, 5.41) is 3.00. The second-order valence-corrected chi connectivity index (χ2v) is 11.9. The van der Waals surface area contributed by atoms with Crippen LogP contribution in [0.1, 0.15) is 40.5 Å². The molecule has 1 N–H and O–H groups in total. The van der Waals surface area contributed by atoms with Crippen LogP contribution in [0.3, 0.4) is 0 Å². The number of carbonyl (C=O) groups is 2. The van der Waals surface area contributed by atoms with E-state index in [0.717, 1.165) is 17.8 Å². The number of likely N-dealkylation sites (tertiary alicyclic amines) is 1. The molecule has 0 bridgehead atoms. The molecule has 38 heavy (non-hydrogen) atoms. The van der Waals surface area contributed by atoms with Gasteiger partial charge in [-0.1, -0.05) is 24.4 Å². The minimum Gasteiger partial charge on any atom is -0.444 e. The van der Waals surface area contributed by atoms with Crippen molar-refractivity contribution < 1.29 is 23.5 Å². The van der Waals surface area contributed by atoms with E-state index in [1.54, 1.807) is 24.0 Å². The van der Waals surface area contributed by atoms with Gasteiger partial charge in [0, 0.05) is 32.7 Å². The average molecular weight is 566 g/mol. The Hall–Kier alpha value is -2.73. The molecule has 3 saturated heterocycles. The Morgan fingerprint density at radius 2 is 1.89 bits per heavy atom. The van der Waals surface area contributed by atoms with Crippen LogP contribution in [0.5, 0.6) is 0 Å². The minimum absolute atomic E-state index is 0.158. The molecular weight excluding hydrogens is 529 g/mol. The van der Waals surface area contributed by atoms with Crippen LogP contribution in [0.4, 0.5) is 25.4 Å². The van der Waals surface area contributed by atoms with Gasteiger partial charge in [-0.2, -0.15) is 0 Å². The maximum atomic E-state index is 15.2. The molecule has 3 heterocycles. The number of piperazine rings is 1. The lowest BCUT2D eigenvalue weighted by Gasteiger charge is -2.40. The van der Waals surface area contributed by atoms with Gasteiger partial charge in [0.1, 0.15) is 22.5 Å². The fraction of sp³-hybridized carbons (Fsp3) is 0.615. The number of benzene rings is 1. The van der Waals surface area contributed by atoms with Crippen LogP contribution in [-0.2, 0) is 9.47 Å². The van der Waals surface area contributed by atoms with E-state index in [4.69, 9.17) is 33.9 Å². The van der Waals surface area contributed by atoms with Crippen molar-refractivity contribution >= 4 is 58.0 Å². The number of rotatable bonds is 5. The lowest BCUT2D eigenvalue weighted by Crippen LogP contribution is -2.54. The number of cyclic esters (lactones) is 1. The quantitative estimate of drug-likeness (QED) is 0.535. The van der Waals surface area contributed by atoms with Crippen LogP contribution in [0.15, 0.2) is 18.2 Å². The molecule has 3 aliphatic rings. The maximum Gasteiger partial charge on any atom is 0.414 e. The molecule has 1 aromatic carbocycles. The Labute approximate surface area is 234 Å². The third-order valence-electron chi connectivity index (χ3n) is 6.79. The molecule has 3 aliphatic heterocycles. The molecule has 2 amide bonds. The molecule has 3 fully saturated rings. The van der Waals surface area contributed by atoms with E-state index in [-0.39, 0.29) is 18.2 Å². The summed E-state index contributed by atoms with van der Waals surface area (Å²) < 4.78 is 26.1. The van der Waals surface area contributed by atoms with Crippen LogP contribution < -0.4 is 15.1 Å². The zero-order valence-electron chi connectivity index (χ0n) is 22.4. The maximum absolute atomic E-state index is 15.2. The van der Waals surface area contributed by atoms with Gasteiger partial charge >= 0.3 is 12.2 Å². The van der Waals surface area contributed by atoms with Crippen molar-refractivity contribution in [2.45, 2.75) is 58.3 Å². The molecule has 1 unspecified atom stereocenters. The van der Waals surface area contributed by atoms with E-state index in [2.05, 4.69) is 10.2 Å². The van der Waals surface area contributed by atoms with Gasteiger partial charge in [-0.05, 0) is 58.7 Å². The Morgan fingerprint density at radius 1 is 1.18 bits per heavy atom. The number of thiocarbonyl (C=S) groups is 2. The molecule has 12 heteroatoms. The van der Waals surface area contributed by atoms with Crippen molar-refractivity contribution in [3.8, 4) is 0 Å². The number of hydrogen-bond donors (Lipinski definition) is 1. The van der Waals surface area contributed by atoms with Crippen LogP contribution >= 0.6 is 24.4 Å². The number of ether oxygens (including phenoxy) is 2. The van der Waals surface area contributed by atoms with E-state index in [9.17, 15) is 9.59 Å². The Bertz CT molecular complexity index is 1090. The van der Waals surface area contributed by atoms with Crippen molar-refractivity contribution in [2.75, 3.05) is 55.6 Å². The van der Waals surface area contributed by atoms with Crippen molar-refractivity contribution in [3.63, 3.8) is 0 Å². The molecule has 0 radical (unpaired) electrons. The second kappa shape index (κ2) is 11.6. The summed E-state index contributed by atoms with van der Waals surface area (Å²) in [5.41, 5.74) is 0.382. The highest BCUT2D eigenvalue weighted by Gasteiger charge is 2.37. The topological polar surface area (TPSA) is 77.6 Å². The minimum atomic E-state index is -0.561. The molecule has 1 aromatic rings. The summed E-state index contributed by atoms with van der Waals surface area (Å²) in [4.78, 5) is 33.6. The van der Waals surface area contributed by atoms with Crippen molar-refractivity contribution in [3.05, 3.63) is 24.0 Å². The highest BCUT2D eigenvalue weighted by molar-refractivity contribution is 7.80. The van der Waals surface area contributed by atoms with Crippen molar-refractivity contribution in [2.24, 2.45) is 0 Å². The largest absolute Gasteiger partial charge is 0.444 e. The summed E-state index contributed by atoms with van der Waals surface area (Å²) in [6.45, 7) is 11.1. The van der Waals surface area contributed by atoms with Crippen molar-refractivity contribution in [1.29, 1.82) is 0 Å². The summed E-state index contributed by atoms with van der Waals surface area (Å²) in [7, 11) is 0. The van der Waals surface area contributed by atoms with Gasteiger partial charge in [0.05, 0.1) is 35.5 Å². The number of halogens is 1. The monoisotopic (exact) mass is 565 g/mol. The predicted octanol–water partition coefficient (Wildman–Crippen LogP) is 3.94. The van der Waals surface area contributed by atoms with Crippen LogP contribution in [0.25, 0.3) is 0 Å². The Kier molecular flexibility index (Phi) is 8.61. The third-order valence-corrected chi connectivity index (χ3v) is 7.47. The first kappa shape index (κ1) is 28.3. The van der Waals surface area contributed by atoms with E-state index < -0.39 is 17.5 Å². The highest BCUT2D eigenvalue weighted by atomic mass is 32.1. The summed E-state index contributed by atoms with van der Waals surface area (Å²) in [6, 6.07) is 4.67. The fourth-order valence-electron chi connectivity index (χ4n) is 4.96. The fourth-order valence-corrected chi connectivity index (χ4v) is 5.47. The first-order valence-corrected chi connectivity index (χ1v) is 13.8.